The molecule has 3 unspecified atom stereocenters. The van der Waals surface area contributed by atoms with Crippen LogP contribution < -0.4 is 4.74 Å². The van der Waals surface area contributed by atoms with Crippen molar-refractivity contribution in [1.82, 2.24) is 4.98 Å². The lowest BCUT2D eigenvalue weighted by Crippen LogP contribution is -2.36. The summed E-state index contributed by atoms with van der Waals surface area (Å²) >= 11 is 0. The number of aliphatic hydroxyl groups excluding tert-OH is 1. The van der Waals surface area contributed by atoms with E-state index in [4.69, 9.17) is 9.84 Å². The van der Waals surface area contributed by atoms with Gasteiger partial charge in [-0.15, -0.1) is 0 Å². The van der Waals surface area contributed by atoms with Crippen LogP contribution in [0.3, 0.4) is 0 Å². The summed E-state index contributed by atoms with van der Waals surface area (Å²) in [6.45, 7) is 6.83. The lowest BCUT2D eigenvalue weighted by Gasteiger charge is -2.37. The smallest absolute Gasteiger partial charge is 0.123 e. The van der Waals surface area contributed by atoms with Crippen molar-refractivity contribution in [1.29, 1.82) is 0 Å². The van der Waals surface area contributed by atoms with Crippen LogP contribution in [-0.2, 0) is 6.61 Å². The first-order valence-corrected chi connectivity index (χ1v) is 7.32. The fourth-order valence-corrected chi connectivity index (χ4v) is 3.04. The minimum Gasteiger partial charge on any atom is -0.490 e. The van der Waals surface area contributed by atoms with E-state index in [9.17, 15) is 0 Å². The predicted octanol–water partition coefficient (Wildman–Crippen LogP) is 3.41. The van der Waals surface area contributed by atoms with Gasteiger partial charge in [-0.3, -0.25) is 4.98 Å². The molecule has 1 heterocycles. The molecule has 0 amide bonds. The third-order valence-corrected chi connectivity index (χ3v) is 4.20. The van der Waals surface area contributed by atoms with Gasteiger partial charge in [0.25, 0.3) is 0 Å². The zero-order chi connectivity index (χ0) is 13.8. The third-order valence-electron chi connectivity index (χ3n) is 4.20. The average molecular weight is 263 g/mol. The maximum atomic E-state index is 9.13. The van der Waals surface area contributed by atoms with Gasteiger partial charge in [-0.05, 0) is 36.7 Å². The van der Waals surface area contributed by atoms with Gasteiger partial charge in [0, 0.05) is 12.3 Å². The SMILES string of the molecule is CC1CCC(C(C)C)C(Oc2ccnc(CO)c2)C1. The van der Waals surface area contributed by atoms with Gasteiger partial charge in [-0.1, -0.05) is 27.2 Å². The number of pyridine rings is 1. The first-order valence-electron chi connectivity index (χ1n) is 7.32. The van der Waals surface area contributed by atoms with Gasteiger partial charge in [0.15, 0.2) is 0 Å². The van der Waals surface area contributed by atoms with E-state index in [1.807, 2.05) is 12.1 Å². The molecule has 106 valence electrons. The Morgan fingerprint density at radius 3 is 2.89 bits per heavy atom. The molecule has 19 heavy (non-hydrogen) atoms. The standard InChI is InChI=1S/C16H25NO2/c1-11(2)15-5-4-12(3)8-16(15)19-14-6-7-17-13(9-14)10-18/h6-7,9,11-12,15-16,18H,4-5,8,10H2,1-3H3. The Hall–Kier alpha value is -1.09. The molecular weight excluding hydrogens is 238 g/mol. The second-order valence-electron chi connectivity index (χ2n) is 6.12. The molecule has 0 saturated heterocycles. The summed E-state index contributed by atoms with van der Waals surface area (Å²) in [4.78, 5) is 4.09. The van der Waals surface area contributed by atoms with Crippen molar-refractivity contribution in [3.05, 3.63) is 24.0 Å². The highest BCUT2D eigenvalue weighted by molar-refractivity contribution is 5.22. The molecular formula is C16H25NO2. The molecule has 1 saturated carbocycles. The summed E-state index contributed by atoms with van der Waals surface area (Å²) in [7, 11) is 0. The Morgan fingerprint density at radius 1 is 1.42 bits per heavy atom. The van der Waals surface area contributed by atoms with Crippen molar-refractivity contribution >= 4 is 0 Å². The van der Waals surface area contributed by atoms with Gasteiger partial charge in [-0.25, -0.2) is 0 Å². The van der Waals surface area contributed by atoms with E-state index < -0.39 is 0 Å². The maximum Gasteiger partial charge on any atom is 0.123 e. The number of ether oxygens (including phenoxy) is 1. The largest absolute Gasteiger partial charge is 0.490 e. The van der Waals surface area contributed by atoms with Crippen LogP contribution in [-0.4, -0.2) is 16.2 Å². The average Bonchev–Trinajstić information content (AvgIpc) is 2.38. The highest BCUT2D eigenvalue weighted by Gasteiger charge is 2.32. The second kappa shape index (κ2) is 6.38. The lowest BCUT2D eigenvalue weighted by molar-refractivity contribution is 0.0458. The van der Waals surface area contributed by atoms with Crippen molar-refractivity contribution in [3.63, 3.8) is 0 Å². The molecule has 1 N–H and O–H groups in total. The summed E-state index contributed by atoms with van der Waals surface area (Å²) in [5, 5.41) is 9.13. The Bertz CT molecular complexity index is 405. The maximum absolute atomic E-state index is 9.13. The third kappa shape index (κ3) is 3.69. The van der Waals surface area contributed by atoms with Crippen molar-refractivity contribution in [3.8, 4) is 5.75 Å². The molecule has 0 aromatic carbocycles. The van der Waals surface area contributed by atoms with Crippen molar-refractivity contribution < 1.29 is 9.84 Å². The minimum atomic E-state index is -0.0358. The molecule has 1 aliphatic carbocycles. The molecule has 0 spiro atoms. The topological polar surface area (TPSA) is 42.4 Å². The first kappa shape index (κ1) is 14.3. The molecule has 3 atom stereocenters. The number of hydrogen-bond donors (Lipinski definition) is 1. The fourth-order valence-electron chi connectivity index (χ4n) is 3.04. The van der Waals surface area contributed by atoms with E-state index >= 15 is 0 Å². The number of aromatic nitrogens is 1. The number of hydrogen-bond acceptors (Lipinski definition) is 3. The minimum absolute atomic E-state index is 0.0358. The van der Waals surface area contributed by atoms with Crippen molar-refractivity contribution in [2.45, 2.75) is 52.7 Å². The van der Waals surface area contributed by atoms with Crippen LogP contribution >= 0.6 is 0 Å². The zero-order valence-corrected chi connectivity index (χ0v) is 12.2. The molecule has 1 fully saturated rings. The Morgan fingerprint density at radius 2 is 2.21 bits per heavy atom. The number of rotatable bonds is 4. The van der Waals surface area contributed by atoms with E-state index in [2.05, 4.69) is 25.8 Å². The Labute approximate surface area is 116 Å². The fraction of sp³-hybridized carbons (Fsp3) is 0.688. The summed E-state index contributed by atoms with van der Waals surface area (Å²) in [6.07, 6.45) is 5.68. The first-order chi connectivity index (χ1) is 9.10. The summed E-state index contributed by atoms with van der Waals surface area (Å²) in [6, 6.07) is 3.73. The van der Waals surface area contributed by atoms with Crippen LogP contribution in [0.15, 0.2) is 18.3 Å². The van der Waals surface area contributed by atoms with Crippen molar-refractivity contribution in [2.24, 2.45) is 17.8 Å². The molecule has 2 rings (SSSR count). The van der Waals surface area contributed by atoms with E-state index in [1.54, 1.807) is 6.20 Å². The van der Waals surface area contributed by atoms with E-state index in [0.29, 0.717) is 17.5 Å². The molecule has 1 aromatic heterocycles. The Kier molecular flexibility index (Phi) is 4.81. The zero-order valence-electron chi connectivity index (χ0n) is 12.2. The highest BCUT2D eigenvalue weighted by atomic mass is 16.5. The normalized spacial score (nSPS) is 27.5. The van der Waals surface area contributed by atoms with Crippen LogP contribution in [0.5, 0.6) is 5.75 Å². The van der Waals surface area contributed by atoms with Crippen LogP contribution in [0.2, 0.25) is 0 Å². The quantitative estimate of drug-likeness (QED) is 0.905. The second-order valence-corrected chi connectivity index (χ2v) is 6.12. The van der Waals surface area contributed by atoms with E-state index in [0.717, 1.165) is 18.1 Å². The molecule has 0 aliphatic heterocycles. The molecule has 0 bridgehead atoms. The van der Waals surface area contributed by atoms with Crippen LogP contribution in [0.1, 0.15) is 45.7 Å². The van der Waals surface area contributed by atoms with Gasteiger partial charge in [0.1, 0.15) is 11.9 Å². The van der Waals surface area contributed by atoms with E-state index in [1.165, 1.54) is 12.8 Å². The van der Waals surface area contributed by atoms with Gasteiger partial charge >= 0.3 is 0 Å². The van der Waals surface area contributed by atoms with Crippen LogP contribution in [0.25, 0.3) is 0 Å². The summed E-state index contributed by atoms with van der Waals surface area (Å²) < 4.78 is 6.19. The molecule has 3 heteroatoms. The predicted molar refractivity (Wildman–Crippen MR) is 75.9 cm³/mol. The van der Waals surface area contributed by atoms with Gasteiger partial charge in [0.2, 0.25) is 0 Å². The van der Waals surface area contributed by atoms with E-state index in [-0.39, 0.29) is 12.7 Å². The molecule has 1 aliphatic rings. The van der Waals surface area contributed by atoms with Gasteiger partial charge in [-0.2, -0.15) is 0 Å². The Balaban J connectivity index is 2.09. The summed E-state index contributed by atoms with van der Waals surface area (Å²) in [5.74, 6) is 2.85. The molecule has 3 nitrogen and oxygen atoms in total. The summed E-state index contributed by atoms with van der Waals surface area (Å²) in [5.41, 5.74) is 0.669. The lowest BCUT2D eigenvalue weighted by atomic mass is 9.75. The van der Waals surface area contributed by atoms with Crippen LogP contribution in [0, 0.1) is 17.8 Å². The van der Waals surface area contributed by atoms with Gasteiger partial charge < -0.3 is 9.84 Å². The number of nitrogens with zero attached hydrogens (tertiary/aromatic N) is 1. The number of aliphatic hydroxyl groups is 1. The highest BCUT2D eigenvalue weighted by Crippen LogP contribution is 2.35. The molecule has 0 radical (unpaired) electrons. The monoisotopic (exact) mass is 263 g/mol. The molecule has 1 aromatic rings. The van der Waals surface area contributed by atoms with Gasteiger partial charge in [0.05, 0.1) is 12.3 Å². The van der Waals surface area contributed by atoms with Crippen molar-refractivity contribution in [2.75, 3.05) is 0 Å². The van der Waals surface area contributed by atoms with Crippen LogP contribution in [0.4, 0.5) is 0 Å².